The van der Waals surface area contributed by atoms with Gasteiger partial charge in [0.15, 0.2) is 0 Å². The molecule has 0 aliphatic rings. The Balaban J connectivity index is 1.39. The average Bonchev–Trinajstić information content (AvgIpc) is 3.41. The monoisotopic (exact) mass is 444 g/mol. The number of thioether (sulfide) groups is 1. The normalized spacial score (nSPS) is 12.2. The molecule has 29 heavy (non-hydrogen) atoms. The number of ether oxygens (including phenoxy) is 2. The number of benzene rings is 1. The van der Waals surface area contributed by atoms with Crippen LogP contribution in [0.3, 0.4) is 0 Å². The average molecular weight is 445 g/mol. The Labute approximate surface area is 180 Å². The number of thiophene rings is 2. The third-order valence-corrected chi connectivity index (χ3v) is 7.31. The summed E-state index contributed by atoms with van der Waals surface area (Å²) in [6, 6.07) is 11.6. The van der Waals surface area contributed by atoms with Gasteiger partial charge in [-0.1, -0.05) is 6.07 Å². The van der Waals surface area contributed by atoms with Crippen LogP contribution in [0.15, 0.2) is 52.0 Å². The number of nitrogens with one attached hydrogen (secondary N) is 1. The van der Waals surface area contributed by atoms with Gasteiger partial charge in [0.1, 0.15) is 22.2 Å². The van der Waals surface area contributed by atoms with Crippen LogP contribution < -0.4 is 15.0 Å². The van der Waals surface area contributed by atoms with E-state index in [4.69, 9.17) is 14.5 Å². The standard InChI is InChI=1S/C21H20N2O3S3/c1-13(27-11-9-26-15-7-5-14(25-2)6-8-15)19-22-20(24)18-16(12-29-21(18)23-19)17-4-3-10-28-17/h3-8,10,12-13H,9,11H2,1-2H3,(H,22,23,24). The Kier molecular flexibility index (Phi) is 6.22. The molecular formula is C21H20N2O3S3. The minimum absolute atomic E-state index is 0.0684. The van der Waals surface area contributed by atoms with E-state index in [1.165, 1.54) is 11.3 Å². The van der Waals surface area contributed by atoms with Crippen LogP contribution in [0.2, 0.25) is 0 Å². The maximum Gasteiger partial charge on any atom is 0.260 e. The van der Waals surface area contributed by atoms with Crippen LogP contribution >= 0.6 is 34.4 Å². The smallest absolute Gasteiger partial charge is 0.260 e. The van der Waals surface area contributed by atoms with Gasteiger partial charge in [-0.25, -0.2) is 4.98 Å². The lowest BCUT2D eigenvalue weighted by molar-refractivity contribution is 0.342. The van der Waals surface area contributed by atoms with Crippen LogP contribution in [0.5, 0.6) is 11.5 Å². The molecule has 0 bridgehead atoms. The van der Waals surface area contributed by atoms with E-state index in [-0.39, 0.29) is 10.8 Å². The fourth-order valence-corrected chi connectivity index (χ4v) is 5.48. The molecular weight excluding hydrogens is 424 g/mol. The molecule has 0 aliphatic carbocycles. The van der Waals surface area contributed by atoms with Gasteiger partial charge in [-0.05, 0) is 42.6 Å². The molecule has 4 rings (SSSR count). The van der Waals surface area contributed by atoms with Gasteiger partial charge in [-0.15, -0.1) is 34.4 Å². The molecule has 3 heterocycles. The van der Waals surface area contributed by atoms with Gasteiger partial charge < -0.3 is 14.5 Å². The predicted molar refractivity (Wildman–Crippen MR) is 123 cm³/mol. The molecule has 0 saturated carbocycles. The highest BCUT2D eigenvalue weighted by Gasteiger charge is 2.16. The molecule has 8 heteroatoms. The van der Waals surface area contributed by atoms with E-state index in [9.17, 15) is 4.79 Å². The van der Waals surface area contributed by atoms with Crippen molar-refractivity contribution in [3.05, 3.63) is 63.3 Å². The van der Waals surface area contributed by atoms with Crippen molar-refractivity contribution in [2.45, 2.75) is 12.2 Å². The molecule has 0 spiro atoms. The molecule has 3 aromatic heterocycles. The van der Waals surface area contributed by atoms with Crippen LogP contribution in [-0.2, 0) is 0 Å². The first-order valence-electron chi connectivity index (χ1n) is 9.09. The zero-order valence-corrected chi connectivity index (χ0v) is 18.5. The van der Waals surface area contributed by atoms with Gasteiger partial charge in [-0.3, -0.25) is 4.79 Å². The summed E-state index contributed by atoms with van der Waals surface area (Å²) in [6.07, 6.45) is 0. The number of rotatable bonds is 8. The van der Waals surface area contributed by atoms with Gasteiger partial charge in [0.2, 0.25) is 0 Å². The number of aromatic nitrogens is 2. The summed E-state index contributed by atoms with van der Waals surface area (Å²) in [5.74, 6) is 3.12. The van der Waals surface area contributed by atoms with Gasteiger partial charge in [0.05, 0.1) is 24.4 Å². The van der Waals surface area contributed by atoms with Crippen LogP contribution in [-0.4, -0.2) is 29.4 Å². The number of hydrogen-bond acceptors (Lipinski definition) is 7. The molecule has 0 fully saturated rings. The minimum Gasteiger partial charge on any atom is -0.497 e. The fourth-order valence-electron chi connectivity index (χ4n) is 2.91. The summed E-state index contributed by atoms with van der Waals surface area (Å²) >= 11 is 4.85. The SMILES string of the molecule is COc1ccc(OCCSC(C)c2nc3scc(-c4cccs4)c3c(=O)[nH]2)cc1. The first kappa shape index (κ1) is 20.0. The molecule has 150 valence electrons. The van der Waals surface area contributed by atoms with E-state index in [0.717, 1.165) is 32.5 Å². The van der Waals surface area contributed by atoms with E-state index in [2.05, 4.69) is 11.9 Å². The summed E-state index contributed by atoms with van der Waals surface area (Å²) < 4.78 is 10.9. The first-order chi connectivity index (χ1) is 14.2. The van der Waals surface area contributed by atoms with Crippen molar-refractivity contribution in [3.8, 4) is 21.9 Å². The summed E-state index contributed by atoms with van der Waals surface area (Å²) in [6.45, 7) is 2.63. The minimum atomic E-state index is -0.0726. The predicted octanol–water partition coefficient (Wildman–Crippen LogP) is 5.59. The number of nitrogens with zero attached hydrogens (tertiary/aromatic N) is 1. The first-order valence-corrected chi connectivity index (χ1v) is 11.9. The van der Waals surface area contributed by atoms with Crippen molar-refractivity contribution < 1.29 is 9.47 Å². The molecule has 0 radical (unpaired) electrons. The van der Waals surface area contributed by atoms with Crippen molar-refractivity contribution in [2.24, 2.45) is 0 Å². The number of methoxy groups -OCH3 is 1. The molecule has 1 aromatic carbocycles. The van der Waals surface area contributed by atoms with Crippen molar-refractivity contribution >= 4 is 44.7 Å². The zero-order valence-electron chi connectivity index (χ0n) is 16.0. The fraction of sp³-hybridized carbons (Fsp3) is 0.238. The Bertz CT molecular complexity index is 1130. The van der Waals surface area contributed by atoms with Gasteiger partial charge in [0.25, 0.3) is 5.56 Å². The van der Waals surface area contributed by atoms with E-state index in [1.807, 2.05) is 47.2 Å². The van der Waals surface area contributed by atoms with Crippen LogP contribution in [0, 0.1) is 0 Å². The topological polar surface area (TPSA) is 64.2 Å². The Morgan fingerprint density at radius 3 is 2.69 bits per heavy atom. The maximum absolute atomic E-state index is 12.7. The number of fused-ring (bicyclic) bond motifs is 1. The Morgan fingerprint density at radius 1 is 1.17 bits per heavy atom. The second-order valence-corrected chi connectivity index (χ2v) is 9.55. The molecule has 0 aliphatic heterocycles. The molecule has 1 unspecified atom stereocenters. The third kappa shape index (κ3) is 4.49. The van der Waals surface area contributed by atoms with Crippen molar-refractivity contribution in [2.75, 3.05) is 19.5 Å². The molecule has 0 amide bonds. The third-order valence-electron chi connectivity index (χ3n) is 4.41. The lowest BCUT2D eigenvalue weighted by Crippen LogP contribution is -2.13. The highest BCUT2D eigenvalue weighted by molar-refractivity contribution is 7.99. The lowest BCUT2D eigenvalue weighted by atomic mass is 10.2. The summed E-state index contributed by atoms with van der Waals surface area (Å²) in [7, 11) is 1.64. The molecule has 0 saturated heterocycles. The van der Waals surface area contributed by atoms with E-state index in [1.54, 1.807) is 30.2 Å². The van der Waals surface area contributed by atoms with Gasteiger partial charge >= 0.3 is 0 Å². The zero-order chi connectivity index (χ0) is 20.2. The Hall–Kier alpha value is -2.29. The van der Waals surface area contributed by atoms with E-state index < -0.39 is 0 Å². The lowest BCUT2D eigenvalue weighted by Gasteiger charge is -2.11. The van der Waals surface area contributed by atoms with Crippen LogP contribution in [0.4, 0.5) is 0 Å². The summed E-state index contributed by atoms with van der Waals surface area (Å²) in [5.41, 5.74) is 0.894. The summed E-state index contributed by atoms with van der Waals surface area (Å²) in [5, 5.41) is 4.78. The van der Waals surface area contributed by atoms with Crippen molar-refractivity contribution in [1.29, 1.82) is 0 Å². The highest BCUT2D eigenvalue weighted by Crippen LogP contribution is 2.34. The molecule has 1 atom stereocenters. The van der Waals surface area contributed by atoms with E-state index >= 15 is 0 Å². The van der Waals surface area contributed by atoms with Crippen LogP contribution in [0.25, 0.3) is 20.7 Å². The molecule has 5 nitrogen and oxygen atoms in total. The van der Waals surface area contributed by atoms with E-state index in [0.29, 0.717) is 17.8 Å². The quantitative estimate of drug-likeness (QED) is 0.359. The van der Waals surface area contributed by atoms with Crippen molar-refractivity contribution in [1.82, 2.24) is 9.97 Å². The molecule has 4 aromatic rings. The van der Waals surface area contributed by atoms with Crippen LogP contribution in [0.1, 0.15) is 18.0 Å². The summed E-state index contributed by atoms with van der Waals surface area (Å²) in [4.78, 5) is 22.3. The second kappa shape index (κ2) is 9.02. The maximum atomic E-state index is 12.7. The second-order valence-electron chi connectivity index (χ2n) is 6.30. The van der Waals surface area contributed by atoms with Gasteiger partial charge in [-0.2, -0.15) is 0 Å². The largest absolute Gasteiger partial charge is 0.497 e. The number of aromatic amines is 1. The van der Waals surface area contributed by atoms with Crippen molar-refractivity contribution in [3.63, 3.8) is 0 Å². The highest BCUT2D eigenvalue weighted by atomic mass is 32.2. The number of hydrogen-bond donors (Lipinski definition) is 1. The molecule has 1 N–H and O–H groups in total. The Morgan fingerprint density at radius 2 is 1.97 bits per heavy atom. The number of H-pyrrole nitrogens is 1. The van der Waals surface area contributed by atoms with Gasteiger partial charge in [0, 0.05) is 21.6 Å².